The Balaban J connectivity index is 2.17. The van der Waals surface area contributed by atoms with E-state index in [0.717, 1.165) is 18.7 Å². The fourth-order valence-corrected chi connectivity index (χ4v) is 2.58. The van der Waals surface area contributed by atoms with Crippen LogP contribution in [0.15, 0.2) is 34.5 Å². The molecule has 124 valence electrons. The molecule has 0 heterocycles. The highest BCUT2D eigenvalue weighted by Crippen LogP contribution is 2.35. The summed E-state index contributed by atoms with van der Waals surface area (Å²) in [5, 5.41) is 10.1. The van der Waals surface area contributed by atoms with E-state index in [9.17, 15) is 18.7 Å². The average Bonchev–Trinajstić information content (AvgIpc) is 2.45. The summed E-state index contributed by atoms with van der Waals surface area (Å²) >= 11 is 0. The van der Waals surface area contributed by atoms with Crippen molar-refractivity contribution >= 4 is 12.0 Å². The number of nitrogens with zero attached hydrogens (tertiary/aromatic N) is 2. The Morgan fingerprint density at radius 2 is 1.96 bits per heavy atom. The SMILES string of the molecule is CN(C)CCN=CC1=C(O)CC(c2c(F)cccc2F)CC1=O. The normalized spacial score (nSPS) is 19.2. The highest BCUT2D eigenvalue weighted by atomic mass is 19.1. The number of benzene rings is 1. The van der Waals surface area contributed by atoms with E-state index in [2.05, 4.69) is 4.99 Å². The largest absolute Gasteiger partial charge is 0.511 e. The van der Waals surface area contributed by atoms with Crippen molar-refractivity contribution in [3.63, 3.8) is 0 Å². The van der Waals surface area contributed by atoms with Crippen molar-refractivity contribution in [3.8, 4) is 0 Å². The maximum Gasteiger partial charge on any atom is 0.168 e. The van der Waals surface area contributed by atoms with Crippen molar-refractivity contribution in [2.75, 3.05) is 27.2 Å². The van der Waals surface area contributed by atoms with Gasteiger partial charge in [-0.15, -0.1) is 0 Å². The van der Waals surface area contributed by atoms with E-state index in [4.69, 9.17) is 0 Å². The number of hydrogen-bond donors (Lipinski definition) is 1. The van der Waals surface area contributed by atoms with E-state index in [1.54, 1.807) is 0 Å². The van der Waals surface area contributed by atoms with Crippen LogP contribution < -0.4 is 0 Å². The topological polar surface area (TPSA) is 52.9 Å². The van der Waals surface area contributed by atoms with Gasteiger partial charge in [0.15, 0.2) is 5.78 Å². The Bertz CT molecular complexity index is 634. The molecule has 0 spiro atoms. The van der Waals surface area contributed by atoms with Crippen molar-refractivity contribution in [2.45, 2.75) is 18.8 Å². The van der Waals surface area contributed by atoms with Crippen LogP contribution in [-0.2, 0) is 4.79 Å². The number of aliphatic imine (C=N–C) groups is 1. The Morgan fingerprint density at radius 3 is 2.52 bits per heavy atom. The minimum Gasteiger partial charge on any atom is -0.511 e. The van der Waals surface area contributed by atoms with Crippen LogP contribution >= 0.6 is 0 Å². The van der Waals surface area contributed by atoms with Gasteiger partial charge in [-0.2, -0.15) is 0 Å². The van der Waals surface area contributed by atoms with Gasteiger partial charge >= 0.3 is 0 Å². The molecule has 0 saturated heterocycles. The fraction of sp³-hybridized carbons (Fsp3) is 0.412. The number of carbonyl (C=O) groups is 1. The summed E-state index contributed by atoms with van der Waals surface area (Å²) < 4.78 is 27.7. The molecule has 0 radical (unpaired) electrons. The number of aliphatic hydroxyl groups is 1. The average molecular weight is 322 g/mol. The molecule has 6 heteroatoms. The van der Waals surface area contributed by atoms with Crippen molar-refractivity contribution < 1.29 is 18.7 Å². The molecule has 4 nitrogen and oxygen atoms in total. The smallest absolute Gasteiger partial charge is 0.168 e. The second-order valence-electron chi connectivity index (χ2n) is 5.86. The summed E-state index contributed by atoms with van der Waals surface area (Å²) in [4.78, 5) is 18.2. The predicted molar refractivity (Wildman–Crippen MR) is 84.9 cm³/mol. The van der Waals surface area contributed by atoms with Gasteiger partial charge in [-0.05, 0) is 26.2 Å². The lowest BCUT2D eigenvalue weighted by Crippen LogP contribution is -2.21. The van der Waals surface area contributed by atoms with Gasteiger partial charge in [0, 0.05) is 37.1 Å². The molecule has 1 unspecified atom stereocenters. The number of ketones is 1. The first-order valence-electron chi connectivity index (χ1n) is 7.44. The summed E-state index contributed by atoms with van der Waals surface area (Å²) in [7, 11) is 3.82. The predicted octanol–water partition coefficient (Wildman–Crippen LogP) is 2.86. The lowest BCUT2D eigenvalue weighted by molar-refractivity contribution is -0.116. The van der Waals surface area contributed by atoms with Crippen molar-refractivity contribution in [2.24, 2.45) is 4.99 Å². The summed E-state index contributed by atoms with van der Waals surface area (Å²) in [6.07, 6.45) is 1.34. The van der Waals surface area contributed by atoms with Gasteiger partial charge in [0.2, 0.25) is 0 Å². The van der Waals surface area contributed by atoms with Gasteiger partial charge in [-0.1, -0.05) is 6.07 Å². The number of Topliss-reactive ketones (excluding diaryl/α,β-unsaturated/α-hetero) is 1. The van der Waals surface area contributed by atoms with Crippen LogP contribution in [0.2, 0.25) is 0 Å². The second-order valence-corrected chi connectivity index (χ2v) is 5.86. The van der Waals surface area contributed by atoms with E-state index in [-0.39, 0.29) is 35.5 Å². The Labute approximate surface area is 134 Å². The highest BCUT2D eigenvalue weighted by molar-refractivity contribution is 6.14. The van der Waals surface area contributed by atoms with Gasteiger partial charge in [0.1, 0.15) is 17.4 Å². The first kappa shape index (κ1) is 17.3. The third-order valence-electron chi connectivity index (χ3n) is 3.79. The number of carbonyl (C=O) groups excluding carboxylic acids is 1. The Morgan fingerprint density at radius 1 is 1.30 bits per heavy atom. The van der Waals surface area contributed by atoms with Crippen LogP contribution in [0.1, 0.15) is 24.3 Å². The molecule has 1 aliphatic carbocycles. The number of aliphatic hydroxyl groups excluding tert-OH is 1. The van der Waals surface area contributed by atoms with Crippen LogP contribution in [0, 0.1) is 11.6 Å². The molecular weight excluding hydrogens is 302 g/mol. The van der Waals surface area contributed by atoms with Crippen LogP contribution in [0.25, 0.3) is 0 Å². The molecule has 23 heavy (non-hydrogen) atoms. The maximum atomic E-state index is 13.8. The van der Waals surface area contributed by atoms with Crippen molar-refractivity contribution in [1.82, 2.24) is 4.90 Å². The zero-order chi connectivity index (χ0) is 17.0. The monoisotopic (exact) mass is 322 g/mol. The molecule has 0 saturated carbocycles. The molecule has 0 fully saturated rings. The van der Waals surface area contributed by atoms with Gasteiger partial charge < -0.3 is 10.0 Å². The molecule has 1 N–H and O–H groups in total. The molecule has 0 bridgehead atoms. The van der Waals surface area contributed by atoms with Gasteiger partial charge in [-0.3, -0.25) is 9.79 Å². The minimum absolute atomic E-state index is 0.0264. The number of rotatable bonds is 5. The van der Waals surface area contributed by atoms with E-state index in [0.29, 0.717) is 6.54 Å². The lowest BCUT2D eigenvalue weighted by atomic mass is 9.82. The molecule has 1 aromatic carbocycles. The zero-order valence-electron chi connectivity index (χ0n) is 13.2. The molecule has 0 aromatic heterocycles. The van der Waals surface area contributed by atoms with Crippen LogP contribution in [0.4, 0.5) is 8.78 Å². The summed E-state index contributed by atoms with van der Waals surface area (Å²) in [5.41, 5.74) is -0.00671. The Hall–Kier alpha value is -2.08. The molecular formula is C17H20F2N2O2. The second kappa shape index (κ2) is 7.46. The first-order chi connectivity index (χ1) is 10.9. The highest BCUT2D eigenvalue weighted by Gasteiger charge is 2.31. The molecule has 2 rings (SSSR count). The maximum absolute atomic E-state index is 13.8. The standard InChI is InChI=1S/C17H20F2N2O2/c1-21(2)7-6-20-10-12-15(22)8-11(9-16(12)23)17-13(18)4-3-5-14(17)19/h3-5,10-11,22H,6-9H2,1-2H3. The van der Waals surface area contributed by atoms with Gasteiger partial charge in [0.25, 0.3) is 0 Å². The fourth-order valence-electron chi connectivity index (χ4n) is 2.58. The van der Waals surface area contributed by atoms with Gasteiger partial charge in [-0.25, -0.2) is 8.78 Å². The number of hydrogen-bond acceptors (Lipinski definition) is 4. The van der Waals surface area contributed by atoms with Crippen molar-refractivity contribution in [3.05, 3.63) is 46.7 Å². The Kier molecular flexibility index (Phi) is 5.60. The van der Waals surface area contributed by atoms with E-state index < -0.39 is 17.6 Å². The quantitative estimate of drug-likeness (QED) is 0.848. The van der Waals surface area contributed by atoms with Gasteiger partial charge in [0.05, 0.1) is 12.1 Å². The number of allylic oxidation sites excluding steroid dienone is 2. The summed E-state index contributed by atoms with van der Waals surface area (Å²) in [6.45, 7) is 1.23. The van der Waals surface area contributed by atoms with Crippen LogP contribution in [0.5, 0.6) is 0 Å². The lowest BCUT2D eigenvalue weighted by Gasteiger charge is -2.23. The summed E-state index contributed by atoms with van der Waals surface area (Å²) in [6, 6.07) is 3.58. The summed E-state index contributed by atoms with van der Waals surface area (Å²) in [5.74, 6) is -2.60. The molecule has 0 amide bonds. The zero-order valence-corrected chi connectivity index (χ0v) is 13.2. The molecule has 1 atom stereocenters. The van der Waals surface area contributed by atoms with E-state index in [1.807, 2.05) is 19.0 Å². The third-order valence-corrected chi connectivity index (χ3v) is 3.79. The van der Waals surface area contributed by atoms with Crippen LogP contribution in [-0.4, -0.2) is 49.2 Å². The molecule has 1 aliphatic rings. The molecule has 1 aromatic rings. The van der Waals surface area contributed by atoms with Crippen molar-refractivity contribution in [1.29, 1.82) is 0 Å². The minimum atomic E-state index is -0.696. The molecule has 0 aliphatic heterocycles. The first-order valence-corrected chi connectivity index (χ1v) is 7.44. The van der Waals surface area contributed by atoms with Crippen LogP contribution in [0.3, 0.4) is 0 Å². The number of halogens is 2. The van der Waals surface area contributed by atoms with E-state index >= 15 is 0 Å². The van der Waals surface area contributed by atoms with E-state index in [1.165, 1.54) is 12.3 Å². The number of likely N-dealkylation sites (N-methyl/N-ethyl adjacent to an activating group) is 1. The third kappa shape index (κ3) is 4.22.